The van der Waals surface area contributed by atoms with Crippen molar-refractivity contribution in [2.24, 2.45) is 12.5 Å². The Morgan fingerprint density at radius 3 is 2.90 bits per heavy atom. The van der Waals surface area contributed by atoms with Gasteiger partial charge >= 0.3 is 0 Å². The third kappa shape index (κ3) is 2.48. The van der Waals surface area contributed by atoms with Gasteiger partial charge in [0.15, 0.2) is 5.82 Å². The second kappa shape index (κ2) is 5.02. The first-order valence-electron chi connectivity index (χ1n) is 7.22. The van der Waals surface area contributed by atoms with Crippen molar-refractivity contribution in [3.63, 3.8) is 0 Å². The van der Waals surface area contributed by atoms with Gasteiger partial charge in [-0.25, -0.2) is 4.98 Å². The minimum absolute atomic E-state index is 0.265. The molecular weight excluding hydrogens is 248 g/mol. The van der Waals surface area contributed by atoms with Gasteiger partial charge in [0.2, 0.25) is 0 Å². The molecule has 0 spiro atoms. The van der Waals surface area contributed by atoms with Gasteiger partial charge in [-0.05, 0) is 23.0 Å². The van der Waals surface area contributed by atoms with Crippen LogP contribution in [0.25, 0.3) is 0 Å². The normalized spacial score (nSPS) is 20.1. The first-order chi connectivity index (χ1) is 9.56. The van der Waals surface area contributed by atoms with E-state index in [2.05, 4.69) is 53.5 Å². The number of fused-ring (bicyclic) bond motifs is 1. The van der Waals surface area contributed by atoms with Crippen LogP contribution < -0.4 is 5.32 Å². The van der Waals surface area contributed by atoms with Crippen molar-refractivity contribution in [2.45, 2.75) is 32.7 Å². The van der Waals surface area contributed by atoms with Crippen molar-refractivity contribution >= 4 is 0 Å². The summed E-state index contributed by atoms with van der Waals surface area (Å²) in [6, 6.07) is 9.19. The van der Waals surface area contributed by atoms with Crippen LogP contribution in [-0.4, -0.2) is 21.3 Å². The van der Waals surface area contributed by atoms with E-state index in [1.807, 2.05) is 7.05 Å². The second-order valence-electron chi connectivity index (χ2n) is 6.34. The molecule has 0 aliphatic heterocycles. The van der Waals surface area contributed by atoms with Crippen LogP contribution in [0.4, 0.5) is 0 Å². The van der Waals surface area contributed by atoms with Gasteiger partial charge < -0.3 is 5.32 Å². The minimum Gasteiger partial charge on any atom is -0.309 e. The van der Waals surface area contributed by atoms with Gasteiger partial charge in [-0.3, -0.25) is 4.68 Å². The Labute approximate surface area is 120 Å². The largest absolute Gasteiger partial charge is 0.309 e. The van der Waals surface area contributed by atoms with Crippen LogP contribution in [0.15, 0.2) is 30.6 Å². The fraction of sp³-hybridized carbons (Fsp3) is 0.500. The van der Waals surface area contributed by atoms with Crippen molar-refractivity contribution in [1.82, 2.24) is 20.1 Å². The quantitative estimate of drug-likeness (QED) is 0.927. The number of nitrogens with one attached hydrogen (secondary N) is 1. The topological polar surface area (TPSA) is 42.7 Å². The van der Waals surface area contributed by atoms with Gasteiger partial charge in [-0.15, -0.1) is 0 Å². The predicted octanol–water partition coefficient (Wildman–Crippen LogP) is 2.27. The zero-order chi connectivity index (χ0) is 14.2. The molecule has 1 heterocycles. The summed E-state index contributed by atoms with van der Waals surface area (Å²) < 4.78 is 1.75. The smallest absolute Gasteiger partial charge is 0.151 e. The standard InChI is InChI=1S/C16H22N4/c1-16(2)10-12-6-4-5-7-13(12)15(16)17-9-8-14-18-11-20(3)19-14/h4-7,11,15,17H,8-10H2,1-3H3. The Morgan fingerprint density at radius 2 is 2.15 bits per heavy atom. The average Bonchev–Trinajstić information content (AvgIpc) is 2.91. The van der Waals surface area contributed by atoms with E-state index in [9.17, 15) is 0 Å². The van der Waals surface area contributed by atoms with E-state index in [0.717, 1.165) is 25.2 Å². The number of benzene rings is 1. The summed E-state index contributed by atoms with van der Waals surface area (Å²) in [5, 5.41) is 8.02. The van der Waals surface area contributed by atoms with Crippen molar-refractivity contribution in [3.05, 3.63) is 47.5 Å². The highest BCUT2D eigenvalue weighted by Crippen LogP contribution is 2.44. The lowest BCUT2D eigenvalue weighted by Crippen LogP contribution is -2.32. The van der Waals surface area contributed by atoms with Crippen LogP contribution in [0.2, 0.25) is 0 Å². The maximum atomic E-state index is 4.32. The van der Waals surface area contributed by atoms with E-state index in [1.54, 1.807) is 11.0 Å². The molecule has 4 heteroatoms. The molecule has 1 aromatic carbocycles. The summed E-state index contributed by atoms with van der Waals surface area (Å²) >= 11 is 0. The molecule has 1 aromatic heterocycles. The Bertz CT molecular complexity index is 600. The molecule has 1 atom stereocenters. The second-order valence-corrected chi connectivity index (χ2v) is 6.34. The van der Waals surface area contributed by atoms with Crippen LogP contribution in [0.3, 0.4) is 0 Å². The summed E-state index contributed by atoms with van der Waals surface area (Å²) in [5.74, 6) is 0.907. The first-order valence-corrected chi connectivity index (χ1v) is 7.22. The lowest BCUT2D eigenvalue weighted by atomic mass is 9.85. The van der Waals surface area contributed by atoms with Gasteiger partial charge in [-0.1, -0.05) is 38.1 Å². The van der Waals surface area contributed by atoms with E-state index >= 15 is 0 Å². The molecule has 0 fully saturated rings. The van der Waals surface area contributed by atoms with E-state index < -0.39 is 0 Å². The van der Waals surface area contributed by atoms with Gasteiger partial charge in [0, 0.05) is 26.1 Å². The van der Waals surface area contributed by atoms with Crippen molar-refractivity contribution in [3.8, 4) is 0 Å². The Kier molecular flexibility index (Phi) is 3.34. The molecule has 20 heavy (non-hydrogen) atoms. The van der Waals surface area contributed by atoms with Crippen LogP contribution in [0.1, 0.15) is 36.8 Å². The predicted molar refractivity (Wildman–Crippen MR) is 79.4 cm³/mol. The summed E-state index contributed by atoms with van der Waals surface area (Å²) in [7, 11) is 1.90. The molecule has 0 saturated heterocycles. The SMILES string of the molecule is Cn1cnc(CCNC2c3ccccc3CC2(C)C)n1. The van der Waals surface area contributed by atoms with Gasteiger partial charge in [-0.2, -0.15) is 5.10 Å². The highest BCUT2D eigenvalue weighted by Gasteiger charge is 2.38. The molecule has 0 radical (unpaired) electrons. The number of aryl methyl sites for hydroxylation is 1. The lowest BCUT2D eigenvalue weighted by Gasteiger charge is -2.28. The molecule has 2 aromatic rings. The molecule has 1 unspecified atom stereocenters. The number of aromatic nitrogens is 3. The number of rotatable bonds is 4. The van der Waals surface area contributed by atoms with E-state index in [1.165, 1.54) is 11.1 Å². The molecule has 1 aliphatic rings. The molecule has 106 valence electrons. The molecule has 1 N–H and O–H groups in total. The molecule has 4 nitrogen and oxygen atoms in total. The average molecular weight is 270 g/mol. The van der Waals surface area contributed by atoms with E-state index in [-0.39, 0.29) is 5.41 Å². The molecule has 3 rings (SSSR count). The van der Waals surface area contributed by atoms with E-state index in [4.69, 9.17) is 0 Å². The van der Waals surface area contributed by atoms with Gasteiger partial charge in [0.05, 0.1) is 0 Å². The molecule has 0 bridgehead atoms. The zero-order valence-corrected chi connectivity index (χ0v) is 12.4. The van der Waals surface area contributed by atoms with Crippen molar-refractivity contribution in [2.75, 3.05) is 6.54 Å². The van der Waals surface area contributed by atoms with Gasteiger partial charge in [0.25, 0.3) is 0 Å². The highest BCUT2D eigenvalue weighted by molar-refractivity contribution is 5.37. The third-order valence-corrected chi connectivity index (χ3v) is 4.14. The van der Waals surface area contributed by atoms with Gasteiger partial charge in [0.1, 0.15) is 6.33 Å². The van der Waals surface area contributed by atoms with Crippen molar-refractivity contribution < 1.29 is 0 Å². The Morgan fingerprint density at radius 1 is 1.35 bits per heavy atom. The Hall–Kier alpha value is -1.68. The van der Waals surface area contributed by atoms with E-state index in [0.29, 0.717) is 6.04 Å². The van der Waals surface area contributed by atoms with Crippen LogP contribution in [0.5, 0.6) is 0 Å². The fourth-order valence-corrected chi connectivity index (χ4v) is 3.20. The maximum Gasteiger partial charge on any atom is 0.151 e. The Balaban J connectivity index is 1.67. The molecular formula is C16H22N4. The molecule has 0 amide bonds. The lowest BCUT2D eigenvalue weighted by molar-refractivity contribution is 0.270. The minimum atomic E-state index is 0.265. The fourth-order valence-electron chi connectivity index (χ4n) is 3.20. The molecule has 1 aliphatic carbocycles. The summed E-state index contributed by atoms with van der Waals surface area (Å²) in [4.78, 5) is 4.27. The monoisotopic (exact) mass is 270 g/mol. The molecule has 0 saturated carbocycles. The maximum absolute atomic E-state index is 4.32. The van der Waals surface area contributed by atoms with Crippen LogP contribution in [0, 0.1) is 5.41 Å². The van der Waals surface area contributed by atoms with Crippen LogP contribution >= 0.6 is 0 Å². The van der Waals surface area contributed by atoms with Crippen LogP contribution in [-0.2, 0) is 19.9 Å². The number of hydrogen-bond acceptors (Lipinski definition) is 3. The van der Waals surface area contributed by atoms with Crippen molar-refractivity contribution in [1.29, 1.82) is 0 Å². The number of hydrogen-bond donors (Lipinski definition) is 1. The number of nitrogens with zero attached hydrogens (tertiary/aromatic N) is 3. The third-order valence-electron chi connectivity index (χ3n) is 4.14. The summed E-state index contributed by atoms with van der Waals surface area (Å²) in [6.45, 7) is 5.58. The first kappa shape index (κ1) is 13.3. The summed E-state index contributed by atoms with van der Waals surface area (Å²) in [6.07, 6.45) is 3.77. The summed E-state index contributed by atoms with van der Waals surface area (Å²) in [5.41, 5.74) is 3.19. The highest BCUT2D eigenvalue weighted by atomic mass is 15.3. The zero-order valence-electron chi connectivity index (χ0n) is 12.4.